The molecule has 1 rings (SSSR count). The van der Waals surface area contributed by atoms with Crippen LogP contribution in [0.15, 0.2) is 0 Å². The molecule has 74 valence electrons. The topological polar surface area (TPSA) is 44.0 Å². The lowest BCUT2D eigenvalue weighted by atomic mass is 9.67. The van der Waals surface area contributed by atoms with Crippen molar-refractivity contribution in [2.45, 2.75) is 52.1 Å². The van der Waals surface area contributed by atoms with Gasteiger partial charge >= 0.3 is 0 Å². The highest BCUT2D eigenvalue weighted by molar-refractivity contribution is 5.03. The minimum absolute atomic E-state index is 0.154. The lowest BCUT2D eigenvalue weighted by Gasteiger charge is -2.39. The second-order valence-electron chi connectivity index (χ2n) is 5.22. The van der Waals surface area contributed by atoms with Gasteiger partial charge in [-0.25, -0.2) is 0 Å². The first-order chi connectivity index (χ1) is 5.87. The molecule has 1 aliphatic rings. The van der Waals surface area contributed by atoms with Crippen LogP contribution in [-0.4, -0.2) is 10.7 Å². The Bertz CT molecular complexity index is 225. The van der Waals surface area contributed by atoms with Gasteiger partial charge in [0.05, 0.1) is 6.07 Å². The van der Waals surface area contributed by atoms with E-state index in [0.717, 1.165) is 19.3 Å². The Morgan fingerprint density at radius 2 is 2.15 bits per heavy atom. The molecule has 1 saturated carbocycles. The summed E-state index contributed by atoms with van der Waals surface area (Å²) in [5.41, 5.74) is -0.832. The summed E-state index contributed by atoms with van der Waals surface area (Å²) in [7, 11) is 0. The molecule has 1 N–H and O–H groups in total. The number of nitriles is 1. The van der Waals surface area contributed by atoms with Crippen molar-refractivity contribution < 1.29 is 5.11 Å². The Balaban J connectivity index is 2.68. The summed E-state index contributed by atoms with van der Waals surface area (Å²) in [6.45, 7) is 6.07. The minimum Gasteiger partial charge on any atom is -0.375 e. The van der Waals surface area contributed by atoms with Gasteiger partial charge in [0.15, 0.2) is 5.60 Å². The van der Waals surface area contributed by atoms with Crippen LogP contribution in [0.4, 0.5) is 0 Å². The summed E-state index contributed by atoms with van der Waals surface area (Å²) in [5, 5.41) is 18.6. The van der Waals surface area contributed by atoms with Crippen LogP contribution in [0.5, 0.6) is 0 Å². The predicted octanol–water partition coefficient (Wildman–Crippen LogP) is 2.48. The van der Waals surface area contributed by atoms with Crippen molar-refractivity contribution in [2.75, 3.05) is 0 Å². The molecule has 0 aromatic carbocycles. The molecule has 2 heteroatoms. The van der Waals surface area contributed by atoms with E-state index in [1.807, 2.05) is 6.07 Å². The van der Waals surface area contributed by atoms with Gasteiger partial charge in [-0.05, 0) is 31.6 Å². The van der Waals surface area contributed by atoms with E-state index in [1.54, 1.807) is 6.92 Å². The summed E-state index contributed by atoms with van der Waals surface area (Å²) >= 11 is 0. The first-order valence-electron chi connectivity index (χ1n) is 5.01. The molecule has 0 aromatic rings. The normalized spacial score (nSPS) is 31.8. The Labute approximate surface area is 80.6 Å². The smallest absolute Gasteiger partial charge is 0.151 e. The Morgan fingerprint density at radius 3 is 2.62 bits per heavy atom. The highest BCUT2D eigenvalue weighted by atomic mass is 16.3. The van der Waals surface area contributed by atoms with Crippen LogP contribution in [0.3, 0.4) is 0 Å². The van der Waals surface area contributed by atoms with E-state index >= 15 is 0 Å². The third-order valence-corrected chi connectivity index (χ3v) is 3.23. The molecular weight excluding hydrogens is 162 g/mol. The molecule has 13 heavy (non-hydrogen) atoms. The van der Waals surface area contributed by atoms with Crippen molar-refractivity contribution in [3.8, 4) is 6.07 Å². The summed E-state index contributed by atoms with van der Waals surface area (Å²) in [6, 6.07) is 2.00. The van der Waals surface area contributed by atoms with Crippen LogP contribution in [0.1, 0.15) is 46.5 Å². The SMILES string of the molecule is CC1(C)CCCC(C(C)(O)C#N)C1. The van der Waals surface area contributed by atoms with Gasteiger partial charge in [0.1, 0.15) is 0 Å². The molecule has 0 saturated heterocycles. The standard InChI is InChI=1S/C11H19NO/c1-10(2)6-4-5-9(7-10)11(3,13)8-12/h9,13H,4-7H2,1-3H3. The molecule has 0 aliphatic heterocycles. The zero-order valence-electron chi connectivity index (χ0n) is 8.80. The van der Waals surface area contributed by atoms with E-state index in [-0.39, 0.29) is 5.92 Å². The maximum absolute atomic E-state index is 9.82. The third kappa shape index (κ3) is 2.45. The van der Waals surface area contributed by atoms with Gasteiger partial charge in [0.25, 0.3) is 0 Å². The lowest BCUT2D eigenvalue weighted by Crippen LogP contribution is -2.38. The summed E-state index contributed by atoms with van der Waals surface area (Å²) in [6.07, 6.45) is 4.30. The van der Waals surface area contributed by atoms with Crippen LogP contribution >= 0.6 is 0 Å². The van der Waals surface area contributed by atoms with Crippen molar-refractivity contribution in [2.24, 2.45) is 11.3 Å². The van der Waals surface area contributed by atoms with E-state index < -0.39 is 5.60 Å². The molecule has 2 unspecified atom stereocenters. The van der Waals surface area contributed by atoms with Gasteiger partial charge in [-0.1, -0.05) is 20.3 Å². The molecular formula is C11H19NO. The van der Waals surface area contributed by atoms with Crippen LogP contribution in [0.25, 0.3) is 0 Å². The molecule has 0 heterocycles. The summed E-state index contributed by atoms with van der Waals surface area (Å²) in [4.78, 5) is 0. The Hall–Kier alpha value is -0.550. The molecule has 0 amide bonds. The van der Waals surface area contributed by atoms with E-state index in [4.69, 9.17) is 5.26 Å². The molecule has 0 spiro atoms. The predicted molar refractivity (Wildman–Crippen MR) is 52.0 cm³/mol. The Morgan fingerprint density at radius 1 is 1.54 bits per heavy atom. The van der Waals surface area contributed by atoms with Crippen molar-refractivity contribution >= 4 is 0 Å². The lowest BCUT2D eigenvalue weighted by molar-refractivity contribution is 0.00592. The first-order valence-corrected chi connectivity index (χ1v) is 5.01. The summed E-state index contributed by atoms with van der Waals surface area (Å²) in [5.74, 6) is 0.154. The second-order valence-corrected chi connectivity index (χ2v) is 5.22. The maximum atomic E-state index is 9.82. The van der Waals surface area contributed by atoms with Gasteiger partial charge in [0.2, 0.25) is 0 Å². The van der Waals surface area contributed by atoms with Crippen molar-refractivity contribution in [1.82, 2.24) is 0 Å². The fraction of sp³-hybridized carbons (Fsp3) is 0.909. The second kappa shape index (κ2) is 3.31. The number of hydrogen-bond donors (Lipinski definition) is 1. The fourth-order valence-electron chi connectivity index (χ4n) is 2.27. The highest BCUT2D eigenvalue weighted by Crippen LogP contribution is 2.42. The van der Waals surface area contributed by atoms with Crippen LogP contribution < -0.4 is 0 Å². The van der Waals surface area contributed by atoms with Crippen molar-refractivity contribution in [1.29, 1.82) is 5.26 Å². The number of hydrogen-bond acceptors (Lipinski definition) is 2. The van der Waals surface area contributed by atoms with Crippen LogP contribution in [0.2, 0.25) is 0 Å². The fourth-order valence-corrected chi connectivity index (χ4v) is 2.27. The highest BCUT2D eigenvalue weighted by Gasteiger charge is 2.38. The van der Waals surface area contributed by atoms with Crippen molar-refractivity contribution in [3.05, 3.63) is 0 Å². The largest absolute Gasteiger partial charge is 0.375 e. The summed E-state index contributed by atoms with van der Waals surface area (Å²) < 4.78 is 0. The number of nitrogens with zero attached hydrogens (tertiary/aromatic N) is 1. The average Bonchev–Trinajstić information content (AvgIpc) is 2.03. The molecule has 0 bridgehead atoms. The third-order valence-electron chi connectivity index (χ3n) is 3.23. The molecule has 0 aromatic heterocycles. The molecule has 0 radical (unpaired) electrons. The van der Waals surface area contributed by atoms with Crippen LogP contribution in [0, 0.1) is 22.7 Å². The van der Waals surface area contributed by atoms with E-state index in [2.05, 4.69) is 13.8 Å². The van der Waals surface area contributed by atoms with Gasteiger partial charge in [-0.3, -0.25) is 0 Å². The average molecular weight is 181 g/mol. The molecule has 2 nitrogen and oxygen atoms in total. The number of aliphatic hydroxyl groups is 1. The molecule has 2 atom stereocenters. The van der Waals surface area contributed by atoms with E-state index in [1.165, 1.54) is 6.42 Å². The van der Waals surface area contributed by atoms with Gasteiger partial charge in [-0.15, -0.1) is 0 Å². The molecule has 1 aliphatic carbocycles. The quantitative estimate of drug-likeness (QED) is 0.631. The van der Waals surface area contributed by atoms with E-state index in [9.17, 15) is 5.11 Å². The zero-order valence-corrected chi connectivity index (χ0v) is 8.80. The monoisotopic (exact) mass is 181 g/mol. The Kier molecular flexibility index (Phi) is 2.68. The van der Waals surface area contributed by atoms with Gasteiger partial charge in [0, 0.05) is 5.92 Å². The van der Waals surface area contributed by atoms with Gasteiger partial charge < -0.3 is 5.11 Å². The maximum Gasteiger partial charge on any atom is 0.151 e. The first kappa shape index (κ1) is 10.5. The van der Waals surface area contributed by atoms with Crippen LogP contribution in [-0.2, 0) is 0 Å². The number of rotatable bonds is 1. The zero-order chi connectivity index (χ0) is 10.1. The van der Waals surface area contributed by atoms with Gasteiger partial charge in [-0.2, -0.15) is 5.26 Å². The molecule has 1 fully saturated rings. The van der Waals surface area contributed by atoms with Crippen molar-refractivity contribution in [3.63, 3.8) is 0 Å². The van der Waals surface area contributed by atoms with E-state index in [0.29, 0.717) is 5.41 Å². The minimum atomic E-state index is -1.13.